The van der Waals surface area contributed by atoms with Gasteiger partial charge in [0.25, 0.3) is 0 Å². The average Bonchev–Trinajstić information content (AvgIpc) is 3.29. The number of Topliss-reactive ketones (excluding diaryl/α,β-unsaturated/α-hetero) is 2. The first kappa shape index (κ1) is 26.4. The molecule has 1 aromatic heterocycles. The molecule has 0 atom stereocenters. The number of aliphatic hydroxyl groups excluding tert-OH is 1. The molecule has 6 nitrogen and oxygen atoms in total. The van der Waals surface area contributed by atoms with Crippen molar-refractivity contribution in [3.05, 3.63) is 113 Å². The van der Waals surface area contributed by atoms with E-state index in [-0.39, 0.29) is 17.7 Å². The predicted octanol–water partition coefficient (Wildman–Crippen LogP) is 5.89. The summed E-state index contributed by atoms with van der Waals surface area (Å²) >= 11 is 0. The minimum atomic E-state index is -0.198. The summed E-state index contributed by atoms with van der Waals surface area (Å²) in [6.45, 7) is 3.67. The van der Waals surface area contributed by atoms with Crippen LogP contribution in [0.4, 0.5) is 17.1 Å². The van der Waals surface area contributed by atoms with Gasteiger partial charge in [-0.15, -0.1) is 0 Å². The molecule has 39 heavy (non-hydrogen) atoms. The first-order valence-electron chi connectivity index (χ1n) is 13.5. The molecule has 2 N–H and O–H groups in total. The fourth-order valence-electron chi connectivity index (χ4n) is 4.96. The molecule has 0 spiro atoms. The first-order chi connectivity index (χ1) is 18.8. The first-order valence-corrected chi connectivity index (χ1v) is 13.5. The lowest BCUT2D eigenvalue weighted by atomic mass is 10.0. The molecule has 1 aliphatic heterocycles. The number of hydrogen-bond acceptors (Lipinski definition) is 5. The van der Waals surface area contributed by atoms with Gasteiger partial charge in [0.05, 0.1) is 6.10 Å². The highest BCUT2D eigenvalue weighted by Gasteiger charge is 2.17. The lowest BCUT2D eigenvalue weighted by molar-refractivity contribution is 0.0984. The monoisotopic (exact) mass is 521 g/mol. The molecule has 6 heteroatoms. The molecule has 0 bridgehead atoms. The van der Waals surface area contributed by atoms with Gasteiger partial charge in [0.2, 0.25) is 0 Å². The molecule has 1 aliphatic rings. The van der Waals surface area contributed by atoms with E-state index in [1.54, 1.807) is 0 Å². The number of aliphatic hydroxyl groups is 1. The van der Waals surface area contributed by atoms with Crippen molar-refractivity contribution in [3.63, 3.8) is 0 Å². The van der Waals surface area contributed by atoms with Crippen LogP contribution in [0.1, 0.15) is 50.4 Å². The normalized spacial score (nSPS) is 13.9. The van der Waals surface area contributed by atoms with Crippen LogP contribution in [0.3, 0.4) is 0 Å². The zero-order valence-corrected chi connectivity index (χ0v) is 22.6. The molecule has 0 aliphatic carbocycles. The predicted molar refractivity (Wildman–Crippen MR) is 156 cm³/mol. The lowest BCUT2D eigenvalue weighted by Crippen LogP contribution is -2.35. The van der Waals surface area contributed by atoms with Crippen molar-refractivity contribution >= 4 is 28.6 Å². The quantitative estimate of drug-likeness (QED) is 0.269. The summed E-state index contributed by atoms with van der Waals surface area (Å²) in [5.41, 5.74) is 7.43. The molecule has 200 valence electrons. The Bertz CT molecular complexity index is 1410. The number of ketones is 2. The SMILES string of the molecule is Cc1cc(C(=O)Cc2ccc(Nc3ccc(CC(=O)c4ccc(N5CCC(O)CC5)cc4)cc3)cc2)cn1C. The second-order valence-corrected chi connectivity index (χ2v) is 10.5. The fourth-order valence-corrected chi connectivity index (χ4v) is 4.96. The van der Waals surface area contributed by atoms with Gasteiger partial charge in [-0.25, -0.2) is 0 Å². The van der Waals surface area contributed by atoms with E-state index in [1.807, 2.05) is 104 Å². The number of aryl methyl sites for hydroxylation is 2. The van der Waals surface area contributed by atoms with Crippen LogP contribution in [0, 0.1) is 6.92 Å². The second-order valence-electron chi connectivity index (χ2n) is 10.5. The molecule has 1 saturated heterocycles. The van der Waals surface area contributed by atoms with E-state index in [9.17, 15) is 14.7 Å². The third-order valence-electron chi connectivity index (χ3n) is 7.52. The van der Waals surface area contributed by atoms with Gasteiger partial charge in [0, 0.05) is 73.1 Å². The molecule has 0 amide bonds. The molecule has 0 radical (unpaired) electrons. The summed E-state index contributed by atoms with van der Waals surface area (Å²) in [5.74, 6) is 0.204. The number of benzene rings is 3. The molecule has 1 fully saturated rings. The number of carbonyl (C=O) groups is 2. The standard InChI is InChI=1S/C33H35N3O3/c1-23-19-27(22-35(23)2)33(39)21-25-5-11-29(12-6-25)34-28-9-3-24(4-10-28)20-32(38)26-7-13-30(14-8-26)36-17-15-31(37)16-18-36/h3-14,19,22,31,34,37H,15-18,20-21H2,1-2H3. The maximum absolute atomic E-state index is 12.8. The van der Waals surface area contributed by atoms with Crippen LogP contribution in [-0.2, 0) is 19.9 Å². The smallest absolute Gasteiger partial charge is 0.168 e. The Kier molecular flexibility index (Phi) is 7.94. The van der Waals surface area contributed by atoms with Gasteiger partial charge in [-0.05, 0) is 85.5 Å². The van der Waals surface area contributed by atoms with Crippen molar-refractivity contribution in [2.75, 3.05) is 23.3 Å². The number of carbonyl (C=O) groups excluding carboxylic acids is 2. The second kappa shape index (κ2) is 11.7. The van der Waals surface area contributed by atoms with Gasteiger partial charge in [-0.1, -0.05) is 24.3 Å². The fraction of sp³-hybridized carbons (Fsp3) is 0.273. The third kappa shape index (κ3) is 6.65. The maximum Gasteiger partial charge on any atom is 0.168 e. The van der Waals surface area contributed by atoms with Crippen molar-refractivity contribution in [2.45, 2.75) is 38.7 Å². The summed E-state index contributed by atoms with van der Waals surface area (Å²) in [7, 11) is 1.94. The van der Waals surface area contributed by atoms with E-state index in [0.717, 1.165) is 65.4 Å². The van der Waals surface area contributed by atoms with Gasteiger partial charge < -0.3 is 19.9 Å². The van der Waals surface area contributed by atoms with Crippen LogP contribution in [-0.4, -0.2) is 40.4 Å². The lowest BCUT2D eigenvalue weighted by Gasteiger charge is -2.31. The largest absolute Gasteiger partial charge is 0.393 e. The van der Waals surface area contributed by atoms with Crippen LogP contribution in [0.25, 0.3) is 0 Å². The third-order valence-corrected chi connectivity index (χ3v) is 7.52. The van der Waals surface area contributed by atoms with Crippen LogP contribution in [0.15, 0.2) is 85.1 Å². The molecule has 2 heterocycles. The molecule has 0 saturated carbocycles. The summed E-state index contributed by atoms with van der Waals surface area (Å²) in [6, 6.07) is 25.5. The van der Waals surface area contributed by atoms with E-state index < -0.39 is 0 Å². The molecule has 0 unspecified atom stereocenters. The van der Waals surface area contributed by atoms with E-state index in [0.29, 0.717) is 18.4 Å². The van der Waals surface area contributed by atoms with Gasteiger partial charge in [-0.3, -0.25) is 9.59 Å². The maximum atomic E-state index is 12.8. The highest BCUT2D eigenvalue weighted by Crippen LogP contribution is 2.22. The molecule has 3 aromatic carbocycles. The number of nitrogens with zero attached hydrogens (tertiary/aromatic N) is 2. The van der Waals surface area contributed by atoms with Crippen LogP contribution in [0.5, 0.6) is 0 Å². The van der Waals surface area contributed by atoms with E-state index >= 15 is 0 Å². The number of rotatable bonds is 9. The Morgan fingerprint density at radius 1 is 0.795 bits per heavy atom. The van der Waals surface area contributed by atoms with E-state index in [2.05, 4.69) is 10.2 Å². The number of piperidine rings is 1. The van der Waals surface area contributed by atoms with Crippen molar-refractivity contribution in [3.8, 4) is 0 Å². The summed E-state index contributed by atoms with van der Waals surface area (Å²) in [5, 5.41) is 13.1. The van der Waals surface area contributed by atoms with Crippen LogP contribution in [0.2, 0.25) is 0 Å². The van der Waals surface area contributed by atoms with Crippen LogP contribution < -0.4 is 10.2 Å². The Labute approximate surface area is 229 Å². The Morgan fingerprint density at radius 3 is 1.79 bits per heavy atom. The van der Waals surface area contributed by atoms with Gasteiger partial charge in [0.1, 0.15) is 0 Å². The average molecular weight is 522 g/mol. The summed E-state index contributed by atoms with van der Waals surface area (Å²) in [4.78, 5) is 27.7. The molecular formula is C33H35N3O3. The highest BCUT2D eigenvalue weighted by atomic mass is 16.3. The van der Waals surface area contributed by atoms with Crippen LogP contribution >= 0.6 is 0 Å². The number of nitrogens with one attached hydrogen (secondary N) is 1. The van der Waals surface area contributed by atoms with E-state index in [1.165, 1.54) is 0 Å². The highest BCUT2D eigenvalue weighted by molar-refractivity contribution is 5.98. The summed E-state index contributed by atoms with van der Waals surface area (Å²) < 4.78 is 1.96. The van der Waals surface area contributed by atoms with Crippen molar-refractivity contribution in [1.82, 2.24) is 4.57 Å². The van der Waals surface area contributed by atoms with Crippen molar-refractivity contribution < 1.29 is 14.7 Å². The van der Waals surface area contributed by atoms with Gasteiger partial charge >= 0.3 is 0 Å². The number of hydrogen-bond donors (Lipinski definition) is 2. The summed E-state index contributed by atoms with van der Waals surface area (Å²) in [6.07, 6.45) is 3.97. The minimum Gasteiger partial charge on any atom is -0.393 e. The number of anilines is 3. The zero-order chi connectivity index (χ0) is 27.4. The minimum absolute atomic E-state index is 0.0899. The van der Waals surface area contributed by atoms with Gasteiger partial charge in [-0.2, -0.15) is 0 Å². The van der Waals surface area contributed by atoms with E-state index in [4.69, 9.17) is 0 Å². The zero-order valence-electron chi connectivity index (χ0n) is 22.6. The Morgan fingerprint density at radius 2 is 1.31 bits per heavy atom. The Hall–Kier alpha value is -4.16. The van der Waals surface area contributed by atoms with Crippen molar-refractivity contribution in [1.29, 1.82) is 0 Å². The number of aromatic nitrogens is 1. The molecule has 5 rings (SSSR count). The molecule has 4 aromatic rings. The van der Waals surface area contributed by atoms with Crippen molar-refractivity contribution in [2.24, 2.45) is 7.05 Å². The topological polar surface area (TPSA) is 74.6 Å². The molecular weight excluding hydrogens is 486 g/mol. The van der Waals surface area contributed by atoms with Gasteiger partial charge in [0.15, 0.2) is 11.6 Å². The Balaban J connectivity index is 1.13.